The molecule has 0 saturated heterocycles. The van der Waals surface area contributed by atoms with Gasteiger partial charge in [-0.1, -0.05) is 5.16 Å². The summed E-state index contributed by atoms with van der Waals surface area (Å²) < 4.78 is 26.1. The highest BCUT2D eigenvalue weighted by Crippen LogP contribution is 2.26. The van der Waals surface area contributed by atoms with Crippen molar-refractivity contribution in [3.63, 3.8) is 0 Å². The SMILES string of the molecule is N/C(CC(=O)Nc1c(F)cc(F)cc1Br)=N\O. The van der Waals surface area contributed by atoms with Gasteiger partial charge < -0.3 is 16.3 Å². The zero-order valence-electron chi connectivity index (χ0n) is 8.38. The maximum Gasteiger partial charge on any atom is 0.232 e. The Morgan fingerprint density at radius 1 is 1.53 bits per heavy atom. The van der Waals surface area contributed by atoms with Crippen molar-refractivity contribution in [2.75, 3.05) is 5.32 Å². The van der Waals surface area contributed by atoms with Crippen LogP contribution in [0.2, 0.25) is 0 Å². The first-order chi connectivity index (χ1) is 7.93. The second-order valence-corrected chi connectivity index (χ2v) is 3.92. The Morgan fingerprint density at radius 2 is 2.18 bits per heavy atom. The summed E-state index contributed by atoms with van der Waals surface area (Å²) in [6.07, 6.45) is -0.403. The van der Waals surface area contributed by atoms with Gasteiger partial charge in [-0.05, 0) is 22.0 Å². The third-order valence-corrected chi connectivity index (χ3v) is 2.37. The van der Waals surface area contributed by atoms with Crippen molar-refractivity contribution >= 4 is 33.4 Å². The average molecular weight is 308 g/mol. The minimum atomic E-state index is -0.926. The molecule has 0 aliphatic rings. The summed E-state index contributed by atoms with van der Waals surface area (Å²) >= 11 is 2.90. The van der Waals surface area contributed by atoms with E-state index in [4.69, 9.17) is 10.9 Å². The molecule has 0 saturated carbocycles. The number of benzene rings is 1. The van der Waals surface area contributed by atoms with Crippen molar-refractivity contribution in [3.05, 3.63) is 28.2 Å². The van der Waals surface area contributed by atoms with Crippen molar-refractivity contribution in [2.24, 2.45) is 10.9 Å². The zero-order chi connectivity index (χ0) is 13.0. The lowest BCUT2D eigenvalue weighted by atomic mass is 10.2. The van der Waals surface area contributed by atoms with Crippen molar-refractivity contribution in [3.8, 4) is 0 Å². The number of halogens is 3. The molecule has 0 radical (unpaired) electrons. The molecule has 0 aromatic heterocycles. The van der Waals surface area contributed by atoms with Crippen LogP contribution in [0, 0.1) is 11.6 Å². The summed E-state index contributed by atoms with van der Waals surface area (Å²) in [6.45, 7) is 0. The fraction of sp³-hybridized carbons (Fsp3) is 0.111. The molecule has 0 aliphatic carbocycles. The molecule has 1 rings (SSSR count). The molecule has 92 valence electrons. The molecule has 5 nitrogen and oxygen atoms in total. The molecule has 1 aromatic carbocycles. The van der Waals surface area contributed by atoms with Crippen LogP contribution in [-0.4, -0.2) is 17.0 Å². The standard InChI is InChI=1S/C9H8BrF2N3O2/c10-5-1-4(11)2-6(12)9(5)14-8(16)3-7(13)15-17/h1-2,17H,3H2,(H2,13,15)(H,14,16). The van der Waals surface area contributed by atoms with Crippen LogP contribution in [0.25, 0.3) is 0 Å². The Labute approximate surface area is 103 Å². The summed E-state index contributed by atoms with van der Waals surface area (Å²) in [4.78, 5) is 11.3. The molecule has 0 bridgehead atoms. The molecule has 0 atom stereocenters. The Morgan fingerprint density at radius 3 is 2.71 bits per heavy atom. The lowest BCUT2D eigenvalue weighted by Gasteiger charge is -2.08. The van der Waals surface area contributed by atoms with Crippen LogP contribution in [-0.2, 0) is 4.79 Å². The number of carbonyl (C=O) groups is 1. The van der Waals surface area contributed by atoms with Crippen molar-refractivity contribution in [2.45, 2.75) is 6.42 Å². The predicted octanol–water partition coefficient (Wildman–Crippen LogP) is 1.80. The van der Waals surface area contributed by atoms with E-state index in [-0.39, 0.29) is 16.0 Å². The van der Waals surface area contributed by atoms with Gasteiger partial charge in [0.1, 0.15) is 11.7 Å². The molecule has 17 heavy (non-hydrogen) atoms. The molecule has 0 heterocycles. The first-order valence-corrected chi connectivity index (χ1v) is 5.14. The monoisotopic (exact) mass is 307 g/mol. The average Bonchev–Trinajstić information content (AvgIpc) is 2.23. The highest BCUT2D eigenvalue weighted by molar-refractivity contribution is 9.10. The fourth-order valence-corrected chi connectivity index (χ4v) is 1.55. The minimum absolute atomic E-state index is 0.0582. The zero-order valence-corrected chi connectivity index (χ0v) is 9.96. The first-order valence-electron chi connectivity index (χ1n) is 4.35. The molecule has 1 amide bonds. The number of nitrogens with zero attached hydrogens (tertiary/aromatic N) is 1. The van der Waals surface area contributed by atoms with Crippen molar-refractivity contribution in [1.29, 1.82) is 0 Å². The van der Waals surface area contributed by atoms with Gasteiger partial charge in [0, 0.05) is 10.5 Å². The van der Waals surface area contributed by atoms with E-state index in [0.717, 1.165) is 6.07 Å². The number of rotatable bonds is 3. The Kier molecular flexibility index (Phi) is 4.38. The van der Waals surface area contributed by atoms with Gasteiger partial charge >= 0.3 is 0 Å². The second kappa shape index (κ2) is 5.58. The van der Waals surface area contributed by atoms with Crippen molar-refractivity contribution in [1.82, 2.24) is 0 Å². The quantitative estimate of drug-likeness (QED) is 0.344. The van der Waals surface area contributed by atoms with E-state index in [1.165, 1.54) is 0 Å². The van der Waals surface area contributed by atoms with E-state index in [0.29, 0.717) is 6.07 Å². The fourth-order valence-electron chi connectivity index (χ4n) is 1.05. The van der Waals surface area contributed by atoms with Crippen LogP contribution in [0.5, 0.6) is 0 Å². The topological polar surface area (TPSA) is 87.7 Å². The summed E-state index contributed by atoms with van der Waals surface area (Å²) in [6, 6.07) is 1.63. The number of amides is 1. The molecule has 0 fully saturated rings. The number of amidine groups is 1. The van der Waals surface area contributed by atoms with Crippen LogP contribution in [0.15, 0.2) is 21.8 Å². The van der Waals surface area contributed by atoms with Crippen molar-refractivity contribution < 1.29 is 18.8 Å². The number of carbonyl (C=O) groups excluding carboxylic acids is 1. The van der Waals surface area contributed by atoms with Crippen LogP contribution in [0.4, 0.5) is 14.5 Å². The Hall–Kier alpha value is -1.70. The largest absolute Gasteiger partial charge is 0.409 e. The molecule has 8 heteroatoms. The normalized spacial score (nSPS) is 11.4. The van der Waals surface area contributed by atoms with Gasteiger partial charge in [0.05, 0.1) is 12.1 Å². The molecule has 1 aromatic rings. The van der Waals surface area contributed by atoms with E-state index >= 15 is 0 Å². The molecule has 0 unspecified atom stereocenters. The lowest BCUT2D eigenvalue weighted by molar-refractivity contribution is -0.115. The van der Waals surface area contributed by atoms with Crippen LogP contribution in [0.3, 0.4) is 0 Å². The third-order valence-electron chi connectivity index (χ3n) is 1.74. The summed E-state index contributed by atoms with van der Waals surface area (Å²) in [5, 5.41) is 13.0. The smallest absolute Gasteiger partial charge is 0.232 e. The molecule has 0 aliphatic heterocycles. The number of hydrogen-bond acceptors (Lipinski definition) is 3. The Bertz CT molecular complexity index is 456. The minimum Gasteiger partial charge on any atom is -0.409 e. The van der Waals surface area contributed by atoms with Crippen LogP contribution >= 0.6 is 15.9 Å². The van der Waals surface area contributed by atoms with Gasteiger partial charge in [-0.25, -0.2) is 8.78 Å². The third kappa shape index (κ3) is 3.66. The number of nitrogens with one attached hydrogen (secondary N) is 1. The van der Waals surface area contributed by atoms with Gasteiger partial charge in [-0.15, -0.1) is 0 Å². The Balaban J connectivity index is 2.85. The highest BCUT2D eigenvalue weighted by atomic mass is 79.9. The van der Waals surface area contributed by atoms with Gasteiger partial charge in [-0.3, -0.25) is 4.79 Å². The molecular formula is C9H8BrF2N3O2. The van der Waals surface area contributed by atoms with Gasteiger partial charge in [0.15, 0.2) is 5.82 Å². The van der Waals surface area contributed by atoms with Crippen LogP contribution < -0.4 is 11.1 Å². The van der Waals surface area contributed by atoms with Gasteiger partial charge in [0.25, 0.3) is 0 Å². The number of oxime groups is 1. The van der Waals surface area contributed by atoms with E-state index < -0.39 is 24.0 Å². The summed E-state index contributed by atoms with van der Waals surface area (Å²) in [5.41, 5.74) is 4.90. The van der Waals surface area contributed by atoms with Gasteiger partial charge in [-0.2, -0.15) is 0 Å². The number of nitrogens with two attached hydrogens (primary N) is 1. The number of hydrogen-bond donors (Lipinski definition) is 3. The molecular weight excluding hydrogens is 300 g/mol. The predicted molar refractivity (Wildman–Crippen MR) is 60.7 cm³/mol. The van der Waals surface area contributed by atoms with E-state index in [9.17, 15) is 13.6 Å². The van der Waals surface area contributed by atoms with E-state index in [1.54, 1.807) is 0 Å². The highest BCUT2D eigenvalue weighted by Gasteiger charge is 2.13. The summed E-state index contributed by atoms with van der Waals surface area (Å²) in [5.74, 6) is -2.71. The summed E-state index contributed by atoms with van der Waals surface area (Å²) in [7, 11) is 0. The maximum absolute atomic E-state index is 13.3. The van der Waals surface area contributed by atoms with E-state index in [2.05, 4.69) is 26.4 Å². The molecule has 4 N–H and O–H groups in total. The molecule has 0 spiro atoms. The van der Waals surface area contributed by atoms with E-state index in [1.807, 2.05) is 0 Å². The lowest BCUT2D eigenvalue weighted by Crippen LogP contribution is -2.22. The second-order valence-electron chi connectivity index (χ2n) is 3.06. The first kappa shape index (κ1) is 13.4. The number of anilines is 1. The van der Waals surface area contributed by atoms with Crippen LogP contribution in [0.1, 0.15) is 6.42 Å². The maximum atomic E-state index is 13.3. The van der Waals surface area contributed by atoms with Gasteiger partial charge in [0.2, 0.25) is 5.91 Å².